The topological polar surface area (TPSA) is 60.9 Å². The second-order valence-electron chi connectivity index (χ2n) is 4.91. The van der Waals surface area contributed by atoms with E-state index in [1.54, 1.807) is 11.9 Å². The third-order valence-corrected chi connectivity index (χ3v) is 3.40. The Morgan fingerprint density at radius 1 is 1.44 bits per heavy atom. The van der Waals surface area contributed by atoms with Crippen LogP contribution in [0.2, 0.25) is 0 Å². The second-order valence-corrected chi connectivity index (χ2v) is 4.91. The number of piperidine rings is 1. The number of carbonyl (C=O) groups is 2. The zero-order valence-electron chi connectivity index (χ0n) is 11.4. The van der Waals surface area contributed by atoms with Crippen LogP contribution in [0.5, 0.6) is 0 Å². The molecule has 0 radical (unpaired) electrons. The van der Waals surface area contributed by atoms with Crippen molar-refractivity contribution in [1.29, 1.82) is 0 Å². The van der Waals surface area contributed by atoms with E-state index in [1.165, 1.54) is 0 Å². The first kappa shape index (κ1) is 15.0. The minimum Gasteiger partial charge on any atom is -0.395 e. The Balaban J connectivity index is 2.52. The van der Waals surface area contributed by atoms with Crippen molar-refractivity contribution in [3.63, 3.8) is 0 Å². The van der Waals surface area contributed by atoms with Crippen molar-refractivity contribution in [1.82, 2.24) is 9.80 Å². The molecule has 0 saturated carbocycles. The number of likely N-dealkylation sites (tertiary alicyclic amines) is 1. The highest BCUT2D eigenvalue weighted by Gasteiger charge is 2.29. The lowest BCUT2D eigenvalue weighted by Crippen LogP contribution is -2.46. The molecular formula is C13H24N2O3. The third-order valence-electron chi connectivity index (χ3n) is 3.40. The maximum atomic E-state index is 12.1. The SMILES string of the molecule is CCCC(=O)N1CCCC(C(=O)N(C)CCO)C1. The van der Waals surface area contributed by atoms with Crippen LogP contribution in [0, 0.1) is 5.92 Å². The number of hydrogen-bond acceptors (Lipinski definition) is 3. The van der Waals surface area contributed by atoms with Gasteiger partial charge in [0.15, 0.2) is 0 Å². The van der Waals surface area contributed by atoms with Crippen LogP contribution in [0.3, 0.4) is 0 Å². The van der Waals surface area contributed by atoms with Crippen LogP contribution in [0.25, 0.3) is 0 Å². The van der Waals surface area contributed by atoms with E-state index < -0.39 is 0 Å². The fourth-order valence-electron chi connectivity index (χ4n) is 2.35. The highest BCUT2D eigenvalue weighted by atomic mass is 16.3. The number of amides is 2. The Bertz CT molecular complexity index is 294. The molecule has 1 heterocycles. The van der Waals surface area contributed by atoms with Gasteiger partial charge in [0.1, 0.15) is 0 Å². The van der Waals surface area contributed by atoms with E-state index in [0.717, 1.165) is 25.8 Å². The first-order chi connectivity index (χ1) is 8.60. The summed E-state index contributed by atoms with van der Waals surface area (Å²) in [7, 11) is 1.70. The molecule has 0 aliphatic carbocycles. The quantitative estimate of drug-likeness (QED) is 0.778. The fraction of sp³-hybridized carbons (Fsp3) is 0.846. The van der Waals surface area contributed by atoms with Gasteiger partial charge in [-0.15, -0.1) is 0 Å². The maximum Gasteiger partial charge on any atom is 0.227 e. The van der Waals surface area contributed by atoms with Crippen molar-refractivity contribution in [2.24, 2.45) is 5.92 Å². The monoisotopic (exact) mass is 256 g/mol. The van der Waals surface area contributed by atoms with Crippen molar-refractivity contribution in [3.8, 4) is 0 Å². The number of hydrogen-bond donors (Lipinski definition) is 1. The van der Waals surface area contributed by atoms with Gasteiger partial charge in [-0.3, -0.25) is 9.59 Å². The van der Waals surface area contributed by atoms with Gasteiger partial charge in [-0.1, -0.05) is 6.92 Å². The smallest absolute Gasteiger partial charge is 0.227 e. The largest absolute Gasteiger partial charge is 0.395 e. The summed E-state index contributed by atoms with van der Waals surface area (Å²) in [6, 6.07) is 0. The van der Waals surface area contributed by atoms with Crippen molar-refractivity contribution in [2.45, 2.75) is 32.6 Å². The molecule has 1 unspecified atom stereocenters. The van der Waals surface area contributed by atoms with Crippen LogP contribution in [0.4, 0.5) is 0 Å². The molecule has 104 valence electrons. The zero-order valence-corrected chi connectivity index (χ0v) is 11.4. The van der Waals surface area contributed by atoms with E-state index in [4.69, 9.17) is 5.11 Å². The molecule has 1 atom stereocenters. The van der Waals surface area contributed by atoms with Gasteiger partial charge in [-0.05, 0) is 19.3 Å². The Morgan fingerprint density at radius 2 is 2.17 bits per heavy atom. The van der Waals surface area contributed by atoms with Crippen LogP contribution < -0.4 is 0 Å². The van der Waals surface area contributed by atoms with Crippen molar-refractivity contribution in [2.75, 3.05) is 33.3 Å². The van der Waals surface area contributed by atoms with Gasteiger partial charge in [0.2, 0.25) is 11.8 Å². The van der Waals surface area contributed by atoms with Gasteiger partial charge >= 0.3 is 0 Å². The minimum absolute atomic E-state index is 0.0204. The number of likely N-dealkylation sites (N-methyl/N-ethyl adjacent to an activating group) is 1. The molecule has 18 heavy (non-hydrogen) atoms. The Morgan fingerprint density at radius 3 is 2.78 bits per heavy atom. The summed E-state index contributed by atoms with van der Waals surface area (Å²) in [4.78, 5) is 27.3. The lowest BCUT2D eigenvalue weighted by atomic mass is 9.96. The van der Waals surface area contributed by atoms with E-state index in [0.29, 0.717) is 19.5 Å². The second kappa shape index (κ2) is 7.36. The predicted octanol–water partition coefficient (Wildman–Crippen LogP) is 0.476. The van der Waals surface area contributed by atoms with Crippen molar-refractivity contribution < 1.29 is 14.7 Å². The summed E-state index contributed by atoms with van der Waals surface area (Å²) in [5.41, 5.74) is 0. The molecule has 1 saturated heterocycles. The molecule has 1 fully saturated rings. The van der Waals surface area contributed by atoms with Gasteiger partial charge in [-0.25, -0.2) is 0 Å². The molecule has 2 amide bonds. The van der Waals surface area contributed by atoms with Crippen molar-refractivity contribution >= 4 is 11.8 Å². The summed E-state index contributed by atoms with van der Waals surface area (Å²) < 4.78 is 0. The van der Waals surface area contributed by atoms with E-state index >= 15 is 0 Å². The van der Waals surface area contributed by atoms with Crippen molar-refractivity contribution in [3.05, 3.63) is 0 Å². The van der Waals surface area contributed by atoms with Gasteiger partial charge in [-0.2, -0.15) is 0 Å². The first-order valence-corrected chi connectivity index (χ1v) is 6.73. The summed E-state index contributed by atoms with van der Waals surface area (Å²) in [6.45, 7) is 3.63. The van der Waals surface area contributed by atoms with Gasteiger partial charge in [0.25, 0.3) is 0 Å². The minimum atomic E-state index is -0.101. The Labute approximate surface area is 109 Å². The average molecular weight is 256 g/mol. The maximum absolute atomic E-state index is 12.1. The summed E-state index contributed by atoms with van der Waals surface area (Å²) in [6.07, 6.45) is 3.13. The normalized spacial score (nSPS) is 19.7. The molecule has 1 rings (SSSR count). The van der Waals surface area contributed by atoms with Crippen LogP contribution in [0.15, 0.2) is 0 Å². The number of aliphatic hydroxyl groups excluding tert-OH is 1. The lowest BCUT2D eigenvalue weighted by molar-refractivity contribution is -0.140. The molecule has 0 aromatic carbocycles. The van der Waals surface area contributed by atoms with Crippen LogP contribution in [-0.2, 0) is 9.59 Å². The highest BCUT2D eigenvalue weighted by Crippen LogP contribution is 2.19. The molecular weight excluding hydrogens is 232 g/mol. The number of carbonyl (C=O) groups excluding carboxylic acids is 2. The van der Waals surface area contributed by atoms with E-state index in [2.05, 4.69) is 0 Å². The van der Waals surface area contributed by atoms with Crippen LogP contribution >= 0.6 is 0 Å². The Kier molecular flexibility index (Phi) is 6.12. The van der Waals surface area contributed by atoms with Gasteiger partial charge in [0, 0.05) is 33.1 Å². The third kappa shape index (κ3) is 3.98. The molecule has 0 aromatic heterocycles. The molecule has 0 aromatic rings. The summed E-state index contributed by atoms with van der Waals surface area (Å²) in [5.74, 6) is 0.0916. The molecule has 1 aliphatic heterocycles. The van der Waals surface area contributed by atoms with Crippen LogP contribution in [0.1, 0.15) is 32.6 Å². The van der Waals surface area contributed by atoms with E-state index in [-0.39, 0.29) is 24.3 Å². The van der Waals surface area contributed by atoms with Crippen LogP contribution in [-0.4, -0.2) is 60.0 Å². The predicted molar refractivity (Wildman–Crippen MR) is 68.9 cm³/mol. The summed E-state index contributed by atoms with van der Waals surface area (Å²) in [5, 5.41) is 8.84. The van der Waals surface area contributed by atoms with E-state index in [9.17, 15) is 9.59 Å². The standard InChI is InChI=1S/C13H24N2O3/c1-3-5-12(17)15-7-4-6-11(10-15)13(18)14(2)8-9-16/h11,16H,3-10H2,1-2H3. The van der Waals surface area contributed by atoms with Gasteiger partial charge < -0.3 is 14.9 Å². The fourth-order valence-corrected chi connectivity index (χ4v) is 2.35. The summed E-state index contributed by atoms with van der Waals surface area (Å²) >= 11 is 0. The Hall–Kier alpha value is -1.10. The highest BCUT2D eigenvalue weighted by molar-refractivity contribution is 5.81. The number of aliphatic hydroxyl groups is 1. The molecule has 5 nitrogen and oxygen atoms in total. The zero-order chi connectivity index (χ0) is 13.5. The number of rotatable bonds is 5. The first-order valence-electron chi connectivity index (χ1n) is 6.73. The van der Waals surface area contributed by atoms with Gasteiger partial charge in [0.05, 0.1) is 12.5 Å². The molecule has 0 spiro atoms. The van der Waals surface area contributed by atoms with E-state index in [1.807, 2.05) is 11.8 Å². The molecule has 0 bridgehead atoms. The molecule has 1 aliphatic rings. The molecule has 5 heteroatoms. The lowest BCUT2D eigenvalue weighted by Gasteiger charge is -2.34. The average Bonchev–Trinajstić information content (AvgIpc) is 2.38. The number of nitrogens with zero attached hydrogens (tertiary/aromatic N) is 2. The molecule has 1 N–H and O–H groups in total.